The Labute approximate surface area is 177 Å². The highest BCUT2D eigenvalue weighted by Crippen LogP contribution is 2.29. The van der Waals surface area contributed by atoms with Crippen molar-refractivity contribution in [1.29, 1.82) is 0 Å². The fourth-order valence-electron chi connectivity index (χ4n) is 2.69. The van der Waals surface area contributed by atoms with Crippen molar-refractivity contribution in [3.8, 4) is 11.5 Å². The van der Waals surface area contributed by atoms with Gasteiger partial charge in [0.2, 0.25) is 5.91 Å². The number of amides is 2. The summed E-state index contributed by atoms with van der Waals surface area (Å²) in [5, 5.41) is 12.8. The summed E-state index contributed by atoms with van der Waals surface area (Å²) in [5.74, 6) is -0.448. The van der Waals surface area contributed by atoms with E-state index in [1.165, 1.54) is 26.4 Å². The van der Waals surface area contributed by atoms with E-state index < -0.39 is 11.8 Å². The van der Waals surface area contributed by atoms with Crippen molar-refractivity contribution in [3.05, 3.63) is 59.5 Å². The molecule has 0 aliphatic heterocycles. The quantitative estimate of drug-likeness (QED) is 0.496. The maximum atomic E-state index is 13.0. The van der Waals surface area contributed by atoms with E-state index in [9.17, 15) is 14.0 Å². The number of nitrogen functional groups attached to an aromatic ring is 1. The van der Waals surface area contributed by atoms with E-state index in [4.69, 9.17) is 15.2 Å². The van der Waals surface area contributed by atoms with E-state index in [0.29, 0.717) is 22.7 Å². The highest BCUT2D eigenvalue weighted by molar-refractivity contribution is 5.97. The van der Waals surface area contributed by atoms with E-state index >= 15 is 0 Å². The molecule has 0 aliphatic carbocycles. The second kappa shape index (κ2) is 9.57. The smallest absolute Gasteiger partial charge is 0.275 e. The number of aromatic nitrogens is 3. The molecule has 0 aliphatic rings. The first-order valence-electron chi connectivity index (χ1n) is 9.14. The molecule has 0 spiro atoms. The molecular formula is C20H21FN6O4. The number of methoxy groups -OCH3 is 2. The molecule has 2 aromatic carbocycles. The molecule has 0 saturated heterocycles. The number of carbonyl (C=O) groups is 2. The molecule has 3 aromatic rings. The third-order valence-electron chi connectivity index (χ3n) is 4.33. The van der Waals surface area contributed by atoms with Crippen LogP contribution in [0, 0.1) is 5.82 Å². The second-order valence-corrected chi connectivity index (χ2v) is 6.40. The molecular weight excluding hydrogens is 407 g/mol. The molecule has 11 heteroatoms. The van der Waals surface area contributed by atoms with Gasteiger partial charge in [-0.1, -0.05) is 17.3 Å². The first kappa shape index (κ1) is 21.6. The molecule has 3 rings (SSSR count). The van der Waals surface area contributed by atoms with Crippen LogP contribution in [0.5, 0.6) is 11.5 Å². The minimum atomic E-state index is -0.565. The fraction of sp³-hybridized carbons (Fsp3) is 0.200. The van der Waals surface area contributed by atoms with Crippen LogP contribution in [0.1, 0.15) is 16.1 Å². The van der Waals surface area contributed by atoms with Gasteiger partial charge >= 0.3 is 0 Å². The van der Waals surface area contributed by atoms with Gasteiger partial charge in [-0.15, -0.1) is 5.10 Å². The van der Waals surface area contributed by atoms with Gasteiger partial charge in [-0.2, -0.15) is 0 Å². The van der Waals surface area contributed by atoms with Gasteiger partial charge in [0.25, 0.3) is 5.91 Å². The van der Waals surface area contributed by atoms with E-state index in [0.717, 1.165) is 4.68 Å². The molecule has 1 heterocycles. The predicted molar refractivity (Wildman–Crippen MR) is 110 cm³/mol. The van der Waals surface area contributed by atoms with Gasteiger partial charge in [0.1, 0.15) is 23.9 Å². The van der Waals surface area contributed by atoms with Crippen molar-refractivity contribution in [3.63, 3.8) is 0 Å². The zero-order chi connectivity index (χ0) is 22.4. The van der Waals surface area contributed by atoms with Crippen molar-refractivity contribution in [2.75, 3.05) is 25.3 Å². The summed E-state index contributed by atoms with van der Waals surface area (Å²) in [6, 6.07) is 10.6. The van der Waals surface area contributed by atoms with Crippen LogP contribution in [0.3, 0.4) is 0 Å². The molecule has 0 bridgehead atoms. The normalized spacial score (nSPS) is 10.4. The third kappa shape index (κ3) is 5.26. The van der Waals surface area contributed by atoms with Gasteiger partial charge < -0.3 is 25.8 Å². The van der Waals surface area contributed by atoms with E-state index in [-0.39, 0.29) is 30.4 Å². The Bertz CT molecular complexity index is 1080. The highest BCUT2D eigenvalue weighted by atomic mass is 19.1. The summed E-state index contributed by atoms with van der Waals surface area (Å²) in [7, 11) is 2.99. The topological polar surface area (TPSA) is 133 Å². The summed E-state index contributed by atoms with van der Waals surface area (Å²) >= 11 is 0. The predicted octanol–water partition coefficient (Wildman–Crippen LogP) is 1.59. The number of rotatable bonds is 8. The van der Waals surface area contributed by atoms with Crippen molar-refractivity contribution in [2.24, 2.45) is 0 Å². The lowest BCUT2D eigenvalue weighted by molar-refractivity contribution is -0.116. The molecule has 0 fully saturated rings. The standard InChI is InChI=1S/C20H21FN6O4/c1-30-14-7-8-15(16(9-14)31-2)24-17(28)11-27-19(22)18(25-26-27)20(29)23-10-12-3-5-13(21)6-4-12/h3-9H,10-11,22H2,1-2H3,(H,23,29)(H,24,28). The van der Waals surface area contributed by atoms with Gasteiger partial charge in [0, 0.05) is 12.6 Å². The van der Waals surface area contributed by atoms with Crippen LogP contribution in [-0.2, 0) is 17.9 Å². The minimum absolute atomic E-state index is 0.0616. The molecule has 2 amide bonds. The van der Waals surface area contributed by atoms with Gasteiger partial charge in [0.05, 0.1) is 19.9 Å². The lowest BCUT2D eigenvalue weighted by Crippen LogP contribution is -2.25. The third-order valence-corrected chi connectivity index (χ3v) is 4.33. The molecule has 0 atom stereocenters. The fourth-order valence-corrected chi connectivity index (χ4v) is 2.69. The molecule has 1 aromatic heterocycles. The summed E-state index contributed by atoms with van der Waals surface area (Å²) in [4.78, 5) is 24.7. The number of nitrogens with two attached hydrogens (primary N) is 1. The molecule has 10 nitrogen and oxygen atoms in total. The Kier molecular flexibility index (Phi) is 6.65. The number of hydrogen-bond acceptors (Lipinski definition) is 7. The van der Waals surface area contributed by atoms with Crippen LogP contribution >= 0.6 is 0 Å². The van der Waals surface area contributed by atoms with E-state index in [1.807, 2.05) is 0 Å². The Morgan fingerprint density at radius 3 is 2.55 bits per heavy atom. The van der Waals surface area contributed by atoms with Crippen molar-refractivity contribution in [2.45, 2.75) is 13.1 Å². The summed E-state index contributed by atoms with van der Waals surface area (Å²) in [6.07, 6.45) is 0. The average Bonchev–Trinajstić information content (AvgIpc) is 3.13. The second-order valence-electron chi connectivity index (χ2n) is 6.40. The van der Waals surface area contributed by atoms with Gasteiger partial charge in [-0.25, -0.2) is 9.07 Å². The number of carbonyl (C=O) groups excluding carboxylic acids is 2. The number of hydrogen-bond donors (Lipinski definition) is 3. The Balaban J connectivity index is 1.62. The SMILES string of the molecule is COc1ccc(NC(=O)Cn2nnc(C(=O)NCc3ccc(F)cc3)c2N)c(OC)c1. The van der Waals surface area contributed by atoms with Crippen LogP contribution < -0.4 is 25.8 Å². The largest absolute Gasteiger partial charge is 0.497 e. The zero-order valence-corrected chi connectivity index (χ0v) is 16.9. The van der Waals surface area contributed by atoms with Gasteiger partial charge in [-0.05, 0) is 29.8 Å². The van der Waals surface area contributed by atoms with Crippen molar-refractivity contribution in [1.82, 2.24) is 20.3 Å². The summed E-state index contributed by atoms with van der Waals surface area (Å²) in [5.41, 5.74) is 6.96. The number of nitrogens with zero attached hydrogens (tertiary/aromatic N) is 3. The van der Waals surface area contributed by atoms with E-state index in [2.05, 4.69) is 20.9 Å². The molecule has 0 radical (unpaired) electrons. The van der Waals surface area contributed by atoms with Gasteiger partial charge in [-0.3, -0.25) is 9.59 Å². The maximum Gasteiger partial charge on any atom is 0.275 e. The van der Waals surface area contributed by atoms with Crippen LogP contribution in [-0.4, -0.2) is 41.0 Å². The van der Waals surface area contributed by atoms with Crippen molar-refractivity contribution >= 4 is 23.3 Å². The summed E-state index contributed by atoms with van der Waals surface area (Å²) < 4.78 is 24.4. The average molecular weight is 428 g/mol. The lowest BCUT2D eigenvalue weighted by atomic mass is 10.2. The minimum Gasteiger partial charge on any atom is -0.497 e. The molecule has 4 N–H and O–H groups in total. The number of nitrogens with one attached hydrogen (secondary N) is 2. The zero-order valence-electron chi connectivity index (χ0n) is 16.9. The number of anilines is 2. The van der Waals surface area contributed by atoms with Crippen LogP contribution in [0.15, 0.2) is 42.5 Å². The number of ether oxygens (including phenoxy) is 2. The molecule has 0 unspecified atom stereocenters. The van der Waals surface area contributed by atoms with Crippen LogP contribution in [0.2, 0.25) is 0 Å². The monoisotopic (exact) mass is 428 g/mol. The Hall–Kier alpha value is -4.15. The first-order valence-corrected chi connectivity index (χ1v) is 9.14. The molecule has 0 saturated carbocycles. The molecule has 162 valence electrons. The van der Waals surface area contributed by atoms with Crippen LogP contribution in [0.4, 0.5) is 15.9 Å². The number of benzene rings is 2. The lowest BCUT2D eigenvalue weighted by Gasteiger charge is -2.11. The number of halogens is 1. The molecule has 31 heavy (non-hydrogen) atoms. The maximum absolute atomic E-state index is 13.0. The van der Waals surface area contributed by atoms with Gasteiger partial charge in [0.15, 0.2) is 11.5 Å². The first-order chi connectivity index (χ1) is 14.9. The van der Waals surface area contributed by atoms with Crippen molar-refractivity contribution < 1.29 is 23.5 Å². The Morgan fingerprint density at radius 2 is 1.87 bits per heavy atom. The summed E-state index contributed by atoms with van der Waals surface area (Å²) in [6.45, 7) is -0.109. The van der Waals surface area contributed by atoms with Crippen LogP contribution in [0.25, 0.3) is 0 Å². The Morgan fingerprint density at radius 1 is 1.13 bits per heavy atom. The van der Waals surface area contributed by atoms with E-state index in [1.54, 1.807) is 30.3 Å². The highest BCUT2D eigenvalue weighted by Gasteiger charge is 2.19.